The zero-order chi connectivity index (χ0) is 23.2. The normalized spacial score (nSPS) is 25.3. The van der Waals surface area contributed by atoms with Crippen molar-refractivity contribution in [2.45, 2.75) is 69.5 Å². The summed E-state index contributed by atoms with van der Waals surface area (Å²) in [5.41, 5.74) is 1.75. The molecule has 2 aliphatic carbocycles. The van der Waals surface area contributed by atoms with Gasteiger partial charge in [-0.2, -0.15) is 0 Å². The van der Waals surface area contributed by atoms with Crippen molar-refractivity contribution in [2.75, 3.05) is 7.05 Å². The third-order valence-corrected chi connectivity index (χ3v) is 7.01. The number of carbonyl (C=O) groups is 2. The van der Waals surface area contributed by atoms with Crippen molar-refractivity contribution in [1.29, 1.82) is 0 Å². The van der Waals surface area contributed by atoms with Gasteiger partial charge in [0.2, 0.25) is 5.91 Å². The molecule has 3 N–H and O–H groups in total. The first-order valence-electron chi connectivity index (χ1n) is 12.0. The predicted octanol–water partition coefficient (Wildman–Crippen LogP) is 3.82. The van der Waals surface area contributed by atoms with E-state index < -0.39 is 0 Å². The van der Waals surface area contributed by atoms with Gasteiger partial charge in [-0.25, -0.2) is 4.39 Å². The molecule has 1 aromatic heterocycles. The van der Waals surface area contributed by atoms with Gasteiger partial charge < -0.3 is 16.0 Å². The second-order valence-corrected chi connectivity index (χ2v) is 9.32. The van der Waals surface area contributed by atoms with Gasteiger partial charge in [0.05, 0.1) is 11.3 Å². The van der Waals surface area contributed by atoms with Crippen LogP contribution in [0.4, 0.5) is 4.39 Å². The summed E-state index contributed by atoms with van der Waals surface area (Å²) in [6.45, 7) is 0. The Kier molecular flexibility index (Phi) is 7.70. The quantitative estimate of drug-likeness (QED) is 0.622. The molecular formula is C26H33FN4O2. The minimum atomic E-state index is -0.322. The van der Waals surface area contributed by atoms with Crippen molar-refractivity contribution in [2.24, 2.45) is 5.92 Å². The summed E-state index contributed by atoms with van der Waals surface area (Å²) in [5, 5.41) is 9.65. The maximum atomic E-state index is 13.4. The molecule has 0 spiro atoms. The molecule has 2 amide bonds. The molecule has 2 saturated carbocycles. The Hall–Kier alpha value is -2.80. The fourth-order valence-corrected chi connectivity index (χ4v) is 5.02. The Bertz CT molecular complexity index is 957. The van der Waals surface area contributed by atoms with E-state index in [0.29, 0.717) is 29.3 Å². The number of nitrogens with zero attached hydrogens (tertiary/aromatic N) is 1. The number of amides is 2. The summed E-state index contributed by atoms with van der Waals surface area (Å²) < 4.78 is 13.4. The lowest BCUT2D eigenvalue weighted by molar-refractivity contribution is -0.127. The van der Waals surface area contributed by atoms with Crippen LogP contribution < -0.4 is 16.0 Å². The van der Waals surface area contributed by atoms with E-state index >= 15 is 0 Å². The molecule has 6 nitrogen and oxygen atoms in total. The van der Waals surface area contributed by atoms with E-state index in [1.54, 1.807) is 24.3 Å². The zero-order valence-corrected chi connectivity index (χ0v) is 19.1. The van der Waals surface area contributed by atoms with Gasteiger partial charge in [0, 0.05) is 35.8 Å². The van der Waals surface area contributed by atoms with Crippen molar-refractivity contribution in [3.05, 3.63) is 54.0 Å². The molecule has 1 aromatic carbocycles. The van der Waals surface area contributed by atoms with Gasteiger partial charge in [-0.3, -0.25) is 14.6 Å². The van der Waals surface area contributed by atoms with Crippen LogP contribution in [0.3, 0.4) is 0 Å². The molecule has 33 heavy (non-hydrogen) atoms. The molecule has 0 radical (unpaired) electrons. The summed E-state index contributed by atoms with van der Waals surface area (Å²) in [6.07, 6.45) is 9.07. The highest BCUT2D eigenvalue weighted by Crippen LogP contribution is 2.26. The summed E-state index contributed by atoms with van der Waals surface area (Å²) in [4.78, 5) is 29.9. The summed E-state index contributed by atoms with van der Waals surface area (Å²) in [7, 11) is 1.99. The number of hydrogen-bond acceptors (Lipinski definition) is 4. The first-order chi connectivity index (χ1) is 16.0. The Labute approximate surface area is 194 Å². The number of carbonyl (C=O) groups excluding carboxylic acids is 2. The number of pyridine rings is 1. The number of nitrogens with one attached hydrogen (secondary N) is 3. The molecule has 176 valence electrons. The van der Waals surface area contributed by atoms with Crippen LogP contribution in [0.25, 0.3) is 11.3 Å². The Morgan fingerprint density at radius 2 is 1.73 bits per heavy atom. The van der Waals surface area contributed by atoms with E-state index in [2.05, 4.69) is 20.9 Å². The van der Waals surface area contributed by atoms with Gasteiger partial charge in [-0.1, -0.05) is 18.6 Å². The average Bonchev–Trinajstić information content (AvgIpc) is 2.85. The standard InChI is InChI=1S/C26H33FN4O2/c1-28-21-9-11-22(12-10-21)30-25(32)18-5-3-7-23(15-18)31-26(33)19-8-13-24(29-16-19)17-4-2-6-20(27)14-17/h2,4,6,8,13-14,16,18,21-23,28H,3,5,7,9-12,15H2,1H3,(H,30,32)(H,31,33)/t18-,21?,22?,23+/m0/s1. The van der Waals surface area contributed by atoms with Crippen molar-refractivity contribution in [3.8, 4) is 11.3 Å². The molecule has 0 unspecified atom stereocenters. The highest BCUT2D eigenvalue weighted by atomic mass is 19.1. The number of rotatable bonds is 6. The molecule has 4 rings (SSSR count). The second kappa shape index (κ2) is 10.9. The van der Waals surface area contributed by atoms with E-state index in [1.165, 1.54) is 18.3 Å². The first-order valence-corrected chi connectivity index (χ1v) is 12.0. The lowest BCUT2D eigenvalue weighted by atomic mass is 9.84. The molecule has 1 heterocycles. The Morgan fingerprint density at radius 1 is 0.939 bits per heavy atom. The monoisotopic (exact) mass is 452 g/mol. The largest absolute Gasteiger partial charge is 0.353 e. The zero-order valence-electron chi connectivity index (χ0n) is 19.1. The average molecular weight is 453 g/mol. The molecule has 0 aliphatic heterocycles. The van der Waals surface area contributed by atoms with Gasteiger partial charge in [-0.15, -0.1) is 0 Å². The van der Waals surface area contributed by atoms with Crippen LogP contribution in [-0.4, -0.2) is 42.0 Å². The van der Waals surface area contributed by atoms with E-state index in [0.717, 1.165) is 44.9 Å². The maximum absolute atomic E-state index is 13.4. The molecule has 2 atom stereocenters. The second-order valence-electron chi connectivity index (χ2n) is 9.32. The van der Waals surface area contributed by atoms with E-state index in [1.807, 2.05) is 7.05 Å². The lowest BCUT2D eigenvalue weighted by Gasteiger charge is -2.32. The van der Waals surface area contributed by atoms with Crippen LogP contribution in [0.1, 0.15) is 61.7 Å². The van der Waals surface area contributed by atoms with Crippen LogP contribution in [0.2, 0.25) is 0 Å². The minimum absolute atomic E-state index is 0.0232. The fraction of sp³-hybridized carbons (Fsp3) is 0.500. The molecule has 2 aromatic rings. The van der Waals surface area contributed by atoms with Gasteiger partial charge in [0.15, 0.2) is 0 Å². The fourth-order valence-electron chi connectivity index (χ4n) is 5.02. The van der Waals surface area contributed by atoms with Gasteiger partial charge in [0.25, 0.3) is 5.91 Å². The maximum Gasteiger partial charge on any atom is 0.253 e. The van der Waals surface area contributed by atoms with Crippen LogP contribution in [0, 0.1) is 11.7 Å². The van der Waals surface area contributed by atoms with Crippen molar-refractivity contribution >= 4 is 11.8 Å². The Balaban J connectivity index is 1.29. The van der Waals surface area contributed by atoms with Crippen LogP contribution in [0.5, 0.6) is 0 Å². The lowest BCUT2D eigenvalue weighted by Crippen LogP contribution is -2.46. The van der Waals surface area contributed by atoms with E-state index in [4.69, 9.17) is 0 Å². The van der Waals surface area contributed by atoms with Crippen LogP contribution in [-0.2, 0) is 4.79 Å². The minimum Gasteiger partial charge on any atom is -0.353 e. The summed E-state index contributed by atoms with van der Waals surface area (Å²) in [6, 6.07) is 10.5. The summed E-state index contributed by atoms with van der Waals surface area (Å²) >= 11 is 0. The third kappa shape index (κ3) is 6.16. The first kappa shape index (κ1) is 23.4. The van der Waals surface area contributed by atoms with Crippen molar-refractivity contribution in [3.63, 3.8) is 0 Å². The predicted molar refractivity (Wildman–Crippen MR) is 126 cm³/mol. The molecular weight excluding hydrogens is 419 g/mol. The van der Waals surface area contributed by atoms with Crippen molar-refractivity contribution < 1.29 is 14.0 Å². The molecule has 0 saturated heterocycles. The van der Waals surface area contributed by atoms with Gasteiger partial charge in [0.1, 0.15) is 5.82 Å². The summed E-state index contributed by atoms with van der Waals surface area (Å²) in [5.74, 6) is -0.440. The van der Waals surface area contributed by atoms with Gasteiger partial charge >= 0.3 is 0 Å². The molecule has 2 aliphatic rings. The third-order valence-electron chi connectivity index (χ3n) is 7.01. The molecule has 7 heteroatoms. The van der Waals surface area contributed by atoms with Gasteiger partial charge in [-0.05, 0) is 76.3 Å². The topological polar surface area (TPSA) is 83.1 Å². The highest BCUT2D eigenvalue weighted by molar-refractivity contribution is 5.94. The molecule has 0 bridgehead atoms. The van der Waals surface area contributed by atoms with E-state index in [-0.39, 0.29) is 35.6 Å². The number of benzene rings is 1. The van der Waals surface area contributed by atoms with Crippen molar-refractivity contribution in [1.82, 2.24) is 20.9 Å². The number of aromatic nitrogens is 1. The van der Waals surface area contributed by atoms with Crippen LogP contribution in [0.15, 0.2) is 42.6 Å². The van der Waals surface area contributed by atoms with Crippen LogP contribution >= 0.6 is 0 Å². The smallest absolute Gasteiger partial charge is 0.253 e. The highest BCUT2D eigenvalue weighted by Gasteiger charge is 2.30. The number of halogens is 1. The van der Waals surface area contributed by atoms with E-state index in [9.17, 15) is 14.0 Å². The SMILES string of the molecule is CNC1CCC(NC(=O)[C@H]2CCC[C@@H](NC(=O)c3ccc(-c4cccc(F)c4)nc3)C2)CC1. The number of hydrogen-bond donors (Lipinski definition) is 3. The molecule has 2 fully saturated rings. The Morgan fingerprint density at radius 3 is 2.42 bits per heavy atom.